The SMILES string of the molecule is CC1=C2N=CC=CN2NC1N. The van der Waals surface area contributed by atoms with E-state index < -0.39 is 0 Å². The largest absolute Gasteiger partial charge is 0.311 e. The predicted octanol–water partition coefficient (Wildman–Crippen LogP) is -0.0790. The molecule has 0 radical (unpaired) electrons. The van der Waals surface area contributed by atoms with E-state index in [1.54, 1.807) is 6.21 Å². The number of hydrazine groups is 1. The Morgan fingerprint density at radius 1 is 1.73 bits per heavy atom. The summed E-state index contributed by atoms with van der Waals surface area (Å²) in [5.74, 6) is 0.917. The number of rotatable bonds is 0. The van der Waals surface area contributed by atoms with Gasteiger partial charge in [-0.05, 0) is 13.0 Å². The Kier molecular flexibility index (Phi) is 1.30. The second kappa shape index (κ2) is 2.18. The Morgan fingerprint density at radius 2 is 2.55 bits per heavy atom. The third-order valence-corrected chi connectivity index (χ3v) is 1.84. The van der Waals surface area contributed by atoms with Crippen LogP contribution in [0.5, 0.6) is 0 Å². The maximum Gasteiger partial charge on any atom is 0.148 e. The van der Waals surface area contributed by atoms with Crippen molar-refractivity contribution in [1.82, 2.24) is 10.4 Å². The number of nitrogens with zero attached hydrogens (tertiary/aromatic N) is 2. The van der Waals surface area contributed by atoms with Gasteiger partial charge in [-0.25, -0.2) is 10.4 Å². The van der Waals surface area contributed by atoms with Crippen LogP contribution in [-0.2, 0) is 0 Å². The fourth-order valence-corrected chi connectivity index (χ4v) is 1.15. The Labute approximate surface area is 65.1 Å². The molecule has 2 aliphatic heterocycles. The van der Waals surface area contributed by atoms with Crippen LogP contribution in [-0.4, -0.2) is 17.4 Å². The van der Waals surface area contributed by atoms with Crippen LogP contribution in [0, 0.1) is 0 Å². The molecule has 3 N–H and O–H groups in total. The van der Waals surface area contributed by atoms with E-state index in [4.69, 9.17) is 5.73 Å². The highest BCUT2D eigenvalue weighted by molar-refractivity contribution is 5.73. The van der Waals surface area contributed by atoms with Crippen molar-refractivity contribution in [1.29, 1.82) is 0 Å². The van der Waals surface area contributed by atoms with Gasteiger partial charge in [0.25, 0.3) is 0 Å². The molecular formula is C7H10N4. The van der Waals surface area contributed by atoms with Crippen molar-refractivity contribution in [2.24, 2.45) is 10.7 Å². The first-order valence-electron chi connectivity index (χ1n) is 3.51. The van der Waals surface area contributed by atoms with E-state index in [0.717, 1.165) is 11.4 Å². The van der Waals surface area contributed by atoms with Gasteiger partial charge in [0.2, 0.25) is 0 Å². The highest BCUT2D eigenvalue weighted by Gasteiger charge is 2.24. The van der Waals surface area contributed by atoms with E-state index in [1.165, 1.54) is 0 Å². The third kappa shape index (κ3) is 0.875. The molecule has 0 aliphatic carbocycles. The molecule has 1 unspecified atom stereocenters. The topological polar surface area (TPSA) is 53.6 Å². The maximum atomic E-state index is 5.72. The lowest BCUT2D eigenvalue weighted by atomic mass is 10.2. The minimum atomic E-state index is -0.0927. The zero-order valence-electron chi connectivity index (χ0n) is 6.28. The van der Waals surface area contributed by atoms with Crippen molar-refractivity contribution in [3.8, 4) is 0 Å². The summed E-state index contributed by atoms with van der Waals surface area (Å²) >= 11 is 0. The molecule has 0 aromatic rings. The quantitative estimate of drug-likeness (QED) is 0.508. The number of nitrogens with two attached hydrogens (primary N) is 1. The highest BCUT2D eigenvalue weighted by atomic mass is 15.6. The summed E-state index contributed by atoms with van der Waals surface area (Å²) in [6.45, 7) is 1.98. The molecule has 0 aromatic heterocycles. The fraction of sp³-hybridized carbons (Fsp3) is 0.286. The molecule has 11 heavy (non-hydrogen) atoms. The Morgan fingerprint density at radius 3 is 3.27 bits per heavy atom. The summed E-state index contributed by atoms with van der Waals surface area (Å²) in [7, 11) is 0. The molecule has 0 bridgehead atoms. The van der Waals surface area contributed by atoms with Crippen molar-refractivity contribution in [2.45, 2.75) is 13.1 Å². The van der Waals surface area contributed by atoms with Gasteiger partial charge in [0.05, 0.1) is 6.17 Å². The molecule has 0 saturated heterocycles. The molecule has 1 atom stereocenters. The number of nitrogens with one attached hydrogen (secondary N) is 1. The summed E-state index contributed by atoms with van der Waals surface area (Å²) in [4.78, 5) is 4.17. The molecule has 2 heterocycles. The van der Waals surface area contributed by atoms with Gasteiger partial charge in [0.1, 0.15) is 5.82 Å². The van der Waals surface area contributed by atoms with Gasteiger partial charge in [-0.2, -0.15) is 0 Å². The van der Waals surface area contributed by atoms with Crippen molar-refractivity contribution in [3.63, 3.8) is 0 Å². The maximum absolute atomic E-state index is 5.72. The lowest BCUT2D eigenvalue weighted by Crippen LogP contribution is -2.39. The van der Waals surface area contributed by atoms with E-state index in [1.807, 2.05) is 24.2 Å². The Balaban J connectivity index is 2.39. The zero-order chi connectivity index (χ0) is 7.84. The zero-order valence-corrected chi connectivity index (χ0v) is 6.28. The molecule has 2 rings (SSSR count). The summed E-state index contributed by atoms with van der Waals surface area (Å²) in [5, 5.41) is 1.83. The van der Waals surface area contributed by atoms with Crippen LogP contribution < -0.4 is 11.2 Å². The smallest absolute Gasteiger partial charge is 0.148 e. The van der Waals surface area contributed by atoms with Crippen molar-refractivity contribution < 1.29 is 0 Å². The second-order valence-electron chi connectivity index (χ2n) is 2.60. The average molecular weight is 150 g/mol. The standard InChI is InChI=1S/C7H10N4/c1-5-6(8)10-11-4-2-3-9-7(5)11/h2-4,6,10H,8H2,1H3. The minimum absolute atomic E-state index is 0.0927. The average Bonchev–Trinajstić information content (AvgIpc) is 2.30. The monoisotopic (exact) mass is 150 g/mol. The lowest BCUT2D eigenvalue weighted by molar-refractivity contribution is 0.343. The number of allylic oxidation sites excluding steroid dienone is 1. The van der Waals surface area contributed by atoms with Crippen molar-refractivity contribution >= 4 is 6.21 Å². The Bertz CT molecular complexity index is 264. The first kappa shape index (κ1) is 6.57. The molecule has 4 heteroatoms. The summed E-state index contributed by atoms with van der Waals surface area (Å²) in [6, 6.07) is 0. The van der Waals surface area contributed by atoms with Gasteiger partial charge >= 0.3 is 0 Å². The normalized spacial score (nSPS) is 28.2. The molecule has 0 aromatic carbocycles. The van der Waals surface area contributed by atoms with Gasteiger partial charge < -0.3 is 5.73 Å². The molecule has 0 saturated carbocycles. The minimum Gasteiger partial charge on any atom is -0.311 e. The first-order chi connectivity index (χ1) is 5.29. The second-order valence-corrected chi connectivity index (χ2v) is 2.60. The lowest BCUT2D eigenvalue weighted by Gasteiger charge is -2.16. The van der Waals surface area contributed by atoms with Gasteiger partial charge in [-0.15, -0.1) is 0 Å². The summed E-state index contributed by atoms with van der Waals surface area (Å²) in [6.07, 6.45) is 5.43. The molecule has 0 fully saturated rings. The Hall–Kier alpha value is -1.13. The van der Waals surface area contributed by atoms with Crippen LogP contribution in [0.3, 0.4) is 0 Å². The predicted molar refractivity (Wildman–Crippen MR) is 43.3 cm³/mol. The molecule has 58 valence electrons. The van der Waals surface area contributed by atoms with E-state index in [2.05, 4.69) is 10.4 Å². The van der Waals surface area contributed by atoms with Crippen molar-refractivity contribution in [2.75, 3.05) is 0 Å². The molecule has 4 nitrogen and oxygen atoms in total. The molecule has 0 amide bonds. The number of hydrogen-bond acceptors (Lipinski definition) is 4. The fourth-order valence-electron chi connectivity index (χ4n) is 1.15. The van der Waals surface area contributed by atoms with Crippen LogP contribution in [0.15, 0.2) is 28.7 Å². The van der Waals surface area contributed by atoms with Crippen LogP contribution >= 0.6 is 0 Å². The van der Waals surface area contributed by atoms with Crippen LogP contribution in [0.1, 0.15) is 6.92 Å². The molecular weight excluding hydrogens is 140 g/mol. The van der Waals surface area contributed by atoms with Crippen LogP contribution in [0.25, 0.3) is 0 Å². The summed E-state index contributed by atoms with van der Waals surface area (Å²) in [5.41, 5.74) is 9.84. The number of fused-ring (bicyclic) bond motifs is 1. The van der Waals surface area contributed by atoms with E-state index in [0.29, 0.717) is 0 Å². The highest BCUT2D eigenvalue weighted by Crippen LogP contribution is 2.20. The third-order valence-electron chi connectivity index (χ3n) is 1.84. The van der Waals surface area contributed by atoms with E-state index in [9.17, 15) is 0 Å². The first-order valence-corrected chi connectivity index (χ1v) is 3.51. The summed E-state index contributed by atoms with van der Waals surface area (Å²) < 4.78 is 0. The van der Waals surface area contributed by atoms with Crippen LogP contribution in [0.2, 0.25) is 0 Å². The molecule has 0 spiro atoms. The van der Waals surface area contributed by atoms with Gasteiger partial charge in [0.15, 0.2) is 0 Å². The van der Waals surface area contributed by atoms with E-state index in [-0.39, 0.29) is 6.17 Å². The van der Waals surface area contributed by atoms with Crippen molar-refractivity contribution in [3.05, 3.63) is 23.7 Å². The number of hydrogen-bond donors (Lipinski definition) is 2. The van der Waals surface area contributed by atoms with Gasteiger partial charge in [-0.3, -0.25) is 5.01 Å². The number of aliphatic imine (C=N–C) groups is 1. The van der Waals surface area contributed by atoms with Gasteiger partial charge in [-0.1, -0.05) is 0 Å². The molecule has 2 aliphatic rings. The van der Waals surface area contributed by atoms with Crippen LogP contribution in [0.4, 0.5) is 0 Å². The van der Waals surface area contributed by atoms with E-state index >= 15 is 0 Å². The van der Waals surface area contributed by atoms with Gasteiger partial charge in [0, 0.05) is 18.0 Å².